The summed E-state index contributed by atoms with van der Waals surface area (Å²) >= 11 is 0. The van der Waals surface area contributed by atoms with Crippen LogP contribution < -0.4 is 5.32 Å². The maximum absolute atomic E-state index is 8.41. The van der Waals surface area contributed by atoms with E-state index in [1.807, 2.05) is 12.1 Å². The highest BCUT2D eigenvalue weighted by Gasteiger charge is 2.13. The van der Waals surface area contributed by atoms with Crippen LogP contribution in [0, 0.1) is 0 Å². The Balaban J connectivity index is 2.30. The lowest BCUT2D eigenvalue weighted by Crippen LogP contribution is -2.10. The zero-order valence-electron chi connectivity index (χ0n) is 22.3. The van der Waals surface area contributed by atoms with Gasteiger partial charge in [-0.2, -0.15) is 0 Å². The molecule has 0 aliphatic rings. The lowest BCUT2D eigenvalue weighted by atomic mass is 9.87. The fourth-order valence-corrected chi connectivity index (χ4v) is 2.17. The predicted molar refractivity (Wildman–Crippen MR) is 100 cm³/mol. The molecule has 1 heteroatoms. The van der Waals surface area contributed by atoms with Gasteiger partial charge in [-0.15, -0.1) is 0 Å². The third-order valence-corrected chi connectivity index (χ3v) is 3.46. The first-order valence-corrected chi connectivity index (χ1v) is 7.32. The molecule has 0 spiro atoms. The molecule has 0 aliphatic carbocycles. The van der Waals surface area contributed by atoms with Crippen LogP contribution in [-0.2, 0) is 5.41 Å². The van der Waals surface area contributed by atoms with Gasteiger partial charge in [0, 0.05) is 16.9 Å². The van der Waals surface area contributed by atoms with Crippen LogP contribution in [-0.4, -0.2) is 0 Å². The Morgan fingerprint density at radius 1 is 0.783 bits per heavy atom. The molecule has 0 radical (unpaired) electrons. The van der Waals surface area contributed by atoms with Crippen molar-refractivity contribution in [2.24, 2.45) is 0 Å². The Morgan fingerprint density at radius 2 is 1.39 bits per heavy atom. The minimum Gasteiger partial charge on any atom is -0.355 e. The van der Waals surface area contributed by atoms with E-state index in [1.54, 1.807) is 12.1 Å². The first-order valence-electron chi connectivity index (χ1n) is 11.8. The van der Waals surface area contributed by atoms with Crippen molar-refractivity contribution in [1.82, 2.24) is 0 Å². The van der Waals surface area contributed by atoms with E-state index in [4.69, 9.17) is 12.3 Å². The number of rotatable bonds is 3. The summed E-state index contributed by atoms with van der Waals surface area (Å²) in [7, 11) is 0. The van der Waals surface area contributed by atoms with E-state index in [0.717, 1.165) is 5.56 Å². The van der Waals surface area contributed by atoms with Crippen LogP contribution in [0.3, 0.4) is 0 Å². The van der Waals surface area contributed by atoms with Crippen LogP contribution in [0.2, 0.25) is 0 Å². The molecule has 0 amide bonds. The van der Waals surface area contributed by atoms with Crippen LogP contribution in [0.4, 0.5) is 11.4 Å². The summed E-state index contributed by atoms with van der Waals surface area (Å²) in [5, 5.41) is 2.99. The molecular formula is C22H23N. The molecule has 1 nitrogen and oxygen atoms in total. The lowest BCUT2D eigenvalue weighted by molar-refractivity contribution is 0.590. The summed E-state index contributed by atoms with van der Waals surface area (Å²) in [6, 6.07) is 2.63. The molecule has 0 heterocycles. The molecule has 0 unspecified atom stereocenters. The molecule has 0 fully saturated rings. The summed E-state index contributed by atoms with van der Waals surface area (Å²) in [6.45, 7) is 6.21. The largest absolute Gasteiger partial charge is 0.355 e. The van der Waals surface area contributed by atoms with Gasteiger partial charge < -0.3 is 5.32 Å². The topological polar surface area (TPSA) is 12.0 Å². The van der Waals surface area contributed by atoms with Crippen LogP contribution >= 0.6 is 0 Å². The van der Waals surface area contributed by atoms with Crippen molar-refractivity contribution in [3.8, 4) is 11.1 Å². The smallest absolute Gasteiger partial charge is 0.0645 e. The molecule has 0 saturated heterocycles. The van der Waals surface area contributed by atoms with Gasteiger partial charge in [0.15, 0.2) is 0 Å². The van der Waals surface area contributed by atoms with Gasteiger partial charge >= 0.3 is 0 Å². The Morgan fingerprint density at radius 3 is 2.04 bits per heavy atom. The Labute approximate surface area is 151 Å². The quantitative estimate of drug-likeness (QED) is 0.590. The highest BCUT2D eigenvalue weighted by atomic mass is 14.9. The van der Waals surface area contributed by atoms with E-state index in [-0.39, 0.29) is 22.2 Å². The molecule has 0 aromatic heterocycles. The van der Waals surface area contributed by atoms with Gasteiger partial charge in [0.05, 0.1) is 12.3 Å². The van der Waals surface area contributed by atoms with Crippen LogP contribution in [0.15, 0.2) is 78.6 Å². The number of hydrogen-bond acceptors (Lipinski definition) is 1. The number of para-hydroxylation sites is 1. The van der Waals surface area contributed by atoms with Gasteiger partial charge in [-0.1, -0.05) is 81.2 Å². The zero-order chi connectivity index (χ0) is 24.1. The molecule has 3 aromatic rings. The maximum Gasteiger partial charge on any atom is 0.0645 e. The monoisotopic (exact) mass is 310 g/mol. The molecule has 23 heavy (non-hydrogen) atoms. The Bertz CT molecular complexity index is 1180. The predicted octanol–water partition coefficient (Wildman–Crippen LogP) is 6.39. The first-order chi connectivity index (χ1) is 14.8. The summed E-state index contributed by atoms with van der Waals surface area (Å²) in [5.41, 5.74) is 1.02. The molecule has 1 N–H and O–H groups in total. The molecule has 0 aliphatic heterocycles. The zero-order valence-corrected chi connectivity index (χ0v) is 13.3. The normalized spacial score (nSPS) is 16.7. The molecule has 3 aromatic carbocycles. The number of hydrogen-bond donors (Lipinski definition) is 1. The SMILES string of the molecule is [2H]c1c([2H])c([2H])c(-c2c([2H])c([2H])c([2H])c([2H])c2Nc2ccc(C(C)(C)C)cc2)c([2H])c1[2H]. The van der Waals surface area contributed by atoms with Crippen molar-refractivity contribution in [3.05, 3.63) is 84.2 Å². The minimum absolute atomic E-state index is 0.0574. The van der Waals surface area contributed by atoms with E-state index in [0.29, 0.717) is 5.69 Å². The fraction of sp³-hybridized carbons (Fsp3) is 0.182. The van der Waals surface area contributed by atoms with E-state index in [2.05, 4.69) is 26.1 Å². The third kappa shape index (κ3) is 3.62. The maximum atomic E-state index is 8.41. The molecule has 0 bridgehead atoms. The van der Waals surface area contributed by atoms with Gasteiger partial charge in [0.25, 0.3) is 0 Å². The molecule has 0 saturated carbocycles. The highest BCUT2D eigenvalue weighted by Crippen LogP contribution is 2.31. The van der Waals surface area contributed by atoms with Crippen molar-refractivity contribution in [3.63, 3.8) is 0 Å². The average molecular weight is 310 g/mol. The Kier molecular flexibility index (Phi) is 2.14. The molecule has 3 rings (SSSR count). The van der Waals surface area contributed by atoms with Crippen molar-refractivity contribution < 1.29 is 12.3 Å². The molecule has 0 atom stereocenters. The van der Waals surface area contributed by atoms with Gasteiger partial charge in [0.2, 0.25) is 0 Å². The standard InChI is InChI=1S/C22H23N/c1-22(2,3)18-13-15-19(16-14-18)23-21-12-8-7-11-20(21)17-9-5-4-6-10-17/h4-16,23H,1-3H3/i4D,5D,6D,7D,8D,9D,10D,11D,12D. The second-order valence-electron chi connectivity index (χ2n) is 6.20. The molecular weight excluding hydrogens is 278 g/mol. The van der Waals surface area contributed by atoms with Crippen LogP contribution in [0.1, 0.15) is 38.7 Å². The highest BCUT2D eigenvalue weighted by molar-refractivity contribution is 5.80. The minimum atomic E-state index is -0.575. The second-order valence-corrected chi connectivity index (χ2v) is 6.20. The van der Waals surface area contributed by atoms with Gasteiger partial charge in [-0.05, 0) is 34.7 Å². The van der Waals surface area contributed by atoms with E-state index in [1.165, 1.54) is 0 Å². The van der Waals surface area contributed by atoms with Gasteiger partial charge in [-0.3, -0.25) is 0 Å². The summed E-state index contributed by atoms with van der Waals surface area (Å²) in [5.74, 6) is 0. The second kappa shape index (κ2) is 6.29. The number of anilines is 2. The first kappa shape index (κ1) is 7.83. The summed E-state index contributed by atoms with van der Waals surface area (Å²) in [4.78, 5) is 0. The van der Waals surface area contributed by atoms with Crippen LogP contribution in [0.25, 0.3) is 11.1 Å². The van der Waals surface area contributed by atoms with Crippen LogP contribution in [0.5, 0.6) is 0 Å². The lowest BCUT2D eigenvalue weighted by Gasteiger charge is -2.19. The van der Waals surface area contributed by atoms with E-state index < -0.39 is 54.4 Å². The van der Waals surface area contributed by atoms with Crippen molar-refractivity contribution in [2.45, 2.75) is 26.2 Å². The summed E-state index contributed by atoms with van der Waals surface area (Å²) in [6.07, 6.45) is 0. The fourth-order valence-electron chi connectivity index (χ4n) is 2.17. The van der Waals surface area contributed by atoms with E-state index >= 15 is 0 Å². The van der Waals surface area contributed by atoms with E-state index in [9.17, 15) is 0 Å². The number of nitrogens with one attached hydrogen (secondary N) is 1. The molecule has 116 valence electrons. The van der Waals surface area contributed by atoms with Crippen molar-refractivity contribution in [1.29, 1.82) is 0 Å². The van der Waals surface area contributed by atoms with Gasteiger partial charge in [-0.25, -0.2) is 0 Å². The Hall–Kier alpha value is -2.54. The van der Waals surface area contributed by atoms with Crippen molar-refractivity contribution >= 4 is 11.4 Å². The summed E-state index contributed by atoms with van der Waals surface area (Å²) < 4.78 is 73.2. The van der Waals surface area contributed by atoms with Gasteiger partial charge in [0.1, 0.15) is 0 Å². The third-order valence-electron chi connectivity index (χ3n) is 3.46. The van der Waals surface area contributed by atoms with Crippen molar-refractivity contribution in [2.75, 3.05) is 5.32 Å². The average Bonchev–Trinajstić information content (AvgIpc) is 2.75. The number of benzene rings is 3.